The van der Waals surface area contributed by atoms with Gasteiger partial charge in [0.05, 0.1) is 5.69 Å². The van der Waals surface area contributed by atoms with Gasteiger partial charge in [0.1, 0.15) is 5.75 Å². The monoisotopic (exact) mass is 339 g/mol. The number of hydrogen-bond acceptors (Lipinski definition) is 3. The molecule has 1 saturated heterocycles. The predicted octanol–water partition coefficient (Wildman–Crippen LogP) is 2.80. The van der Waals surface area contributed by atoms with Crippen molar-refractivity contribution in [2.24, 2.45) is 0 Å². The Balaban J connectivity index is 1.60. The first kappa shape index (κ1) is 16.2. The van der Waals surface area contributed by atoms with E-state index in [4.69, 9.17) is 0 Å². The van der Waals surface area contributed by atoms with Gasteiger partial charge in [0.2, 0.25) is 5.91 Å². The van der Waals surface area contributed by atoms with Crippen molar-refractivity contribution in [1.82, 2.24) is 15.1 Å². The van der Waals surface area contributed by atoms with Crippen LogP contribution in [0.1, 0.15) is 52.9 Å². The molecule has 1 atom stereocenters. The smallest absolute Gasteiger partial charge is 0.222 e. The lowest BCUT2D eigenvalue weighted by Crippen LogP contribution is -2.40. The Morgan fingerprint density at radius 3 is 2.72 bits per heavy atom. The highest BCUT2D eigenvalue weighted by atomic mass is 16.3. The predicted molar refractivity (Wildman–Crippen MR) is 95.7 cm³/mol. The lowest BCUT2D eigenvalue weighted by molar-refractivity contribution is -0.129. The fourth-order valence-electron chi connectivity index (χ4n) is 4.43. The molecule has 1 fully saturated rings. The summed E-state index contributed by atoms with van der Waals surface area (Å²) in [6.45, 7) is 4.98. The molecule has 25 heavy (non-hydrogen) atoms. The number of phenolic OH excluding ortho intramolecular Hbond substituents is 1. The molecule has 2 heterocycles. The van der Waals surface area contributed by atoms with Gasteiger partial charge in [-0.05, 0) is 73.9 Å². The van der Waals surface area contributed by atoms with Crippen molar-refractivity contribution in [3.63, 3.8) is 0 Å². The molecule has 2 aliphatic rings. The Morgan fingerprint density at radius 2 is 2.04 bits per heavy atom. The zero-order chi connectivity index (χ0) is 17.6. The summed E-state index contributed by atoms with van der Waals surface area (Å²) in [5.74, 6) is 0.627. The third-order valence-corrected chi connectivity index (χ3v) is 5.78. The van der Waals surface area contributed by atoms with Gasteiger partial charge in [0, 0.05) is 31.1 Å². The molecule has 132 valence electrons. The van der Waals surface area contributed by atoms with Gasteiger partial charge >= 0.3 is 0 Å². The lowest BCUT2D eigenvalue weighted by Gasteiger charge is -2.31. The van der Waals surface area contributed by atoms with Crippen LogP contribution >= 0.6 is 0 Å². The highest BCUT2D eigenvalue weighted by Gasteiger charge is 2.32. The topological polar surface area (TPSA) is 69.2 Å². The average Bonchev–Trinajstić information content (AvgIpc) is 3.16. The molecule has 0 bridgehead atoms. The highest BCUT2D eigenvalue weighted by Crippen LogP contribution is 2.30. The largest absolute Gasteiger partial charge is 0.508 e. The Kier molecular flexibility index (Phi) is 4.02. The van der Waals surface area contributed by atoms with E-state index in [-0.39, 0.29) is 0 Å². The van der Waals surface area contributed by atoms with Gasteiger partial charge in [0.25, 0.3) is 0 Å². The molecule has 5 nitrogen and oxygen atoms in total. The number of benzene rings is 1. The molecule has 0 spiro atoms. The van der Waals surface area contributed by atoms with E-state index in [1.54, 1.807) is 0 Å². The number of aromatic amines is 1. The van der Waals surface area contributed by atoms with Crippen LogP contribution in [0.25, 0.3) is 0 Å². The highest BCUT2D eigenvalue weighted by molar-refractivity contribution is 5.78. The number of rotatable bonds is 3. The van der Waals surface area contributed by atoms with Crippen molar-refractivity contribution in [3.8, 4) is 5.75 Å². The van der Waals surface area contributed by atoms with Gasteiger partial charge in [-0.25, -0.2) is 0 Å². The number of carbonyl (C=O) groups excluding carboxylic acids is 1. The minimum atomic E-state index is 0.309. The number of likely N-dealkylation sites (tertiary alicyclic amines) is 1. The number of amides is 1. The maximum absolute atomic E-state index is 12.1. The Morgan fingerprint density at radius 1 is 1.28 bits per heavy atom. The number of nitrogens with one attached hydrogen (secondary N) is 1. The van der Waals surface area contributed by atoms with Gasteiger partial charge in [-0.2, -0.15) is 5.10 Å². The van der Waals surface area contributed by atoms with Gasteiger partial charge in [0.15, 0.2) is 0 Å². The maximum atomic E-state index is 12.1. The van der Waals surface area contributed by atoms with Crippen LogP contribution in [-0.4, -0.2) is 38.7 Å². The average molecular weight is 339 g/mol. The minimum absolute atomic E-state index is 0.309. The van der Waals surface area contributed by atoms with Crippen LogP contribution in [0.3, 0.4) is 0 Å². The summed E-state index contributed by atoms with van der Waals surface area (Å²) in [7, 11) is 0. The van der Waals surface area contributed by atoms with Crippen molar-refractivity contribution in [2.75, 3.05) is 6.54 Å². The second-order valence-electron chi connectivity index (χ2n) is 7.45. The number of fused-ring (bicyclic) bond motifs is 1. The summed E-state index contributed by atoms with van der Waals surface area (Å²) in [5.41, 5.74) is 7.05. The van der Waals surface area contributed by atoms with E-state index < -0.39 is 0 Å². The number of hydrogen-bond donors (Lipinski definition) is 2. The first-order valence-electron chi connectivity index (χ1n) is 9.16. The second kappa shape index (κ2) is 6.21. The van der Waals surface area contributed by atoms with E-state index in [0.717, 1.165) is 61.2 Å². The number of aryl methyl sites for hydroxylation is 3. The Labute approximate surface area is 148 Å². The number of H-pyrrole nitrogens is 1. The molecular formula is C20H25N3O2. The first-order chi connectivity index (χ1) is 12.0. The molecule has 1 aliphatic carbocycles. The molecule has 0 radical (unpaired) electrons. The summed E-state index contributed by atoms with van der Waals surface area (Å²) >= 11 is 0. The summed E-state index contributed by atoms with van der Waals surface area (Å²) in [6, 6.07) is 3.95. The van der Waals surface area contributed by atoms with Crippen LogP contribution in [0.15, 0.2) is 12.1 Å². The van der Waals surface area contributed by atoms with Crippen LogP contribution in [0.2, 0.25) is 0 Å². The molecule has 4 rings (SSSR count). The van der Waals surface area contributed by atoms with Crippen LogP contribution in [0.5, 0.6) is 5.75 Å². The maximum Gasteiger partial charge on any atom is 0.222 e. The zero-order valence-electron chi connectivity index (χ0n) is 14.9. The number of aromatic nitrogens is 2. The molecule has 1 aliphatic heterocycles. The van der Waals surface area contributed by atoms with E-state index >= 15 is 0 Å². The number of phenols is 1. The van der Waals surface area contributed by atoms with Crippen molar-refractivity contribution >= 4 is 5.91 Å². The zero-order valence-corrected chi connectivity index (χ0v) is 14.9. The normalized spacial score (nSPS) is 20.2. The first-order valence-corrected chi connectivity index (χ1v) is 9.16. The molecule has 1 aromatic heterocycles. The van der Waals surface area contributed by atoms with Crippen LogP contribution in [0.4, 0.5) is 0 Å². The number of carbonyl (C=O) groups is 1. The lowest BCUT2D eigenvalue weighted by atomic mass is 9.88. The van der Waals surface area contributed by atoms with Crippen molar-refractivity contribution < 1.29 is 9.90 Å². The summed E-state index contributed by atoms with van der Waals surface area (Å²) in [6.07, 6.45) is 5.35. The van der Waals surface area contributed by atoms with E-state index in [9.17, 15) is 9.90 Å². The van der Waals surface area contributed by atoms with Crippen LogP contribution in [-0.2, 0) is 24.1 Å². The molecule has 2 N–H and O–H groups in total. The van der Waals surface area contributed by atoms with Gasteiger partial charge in [-0.3, -0.25) is 9.89 Å². The van der Waals surface area contributed by atoms with Crippen LogP contribution in [0, 0.1) is 13.8 Å². The molecular weight excluding hydrogens is 314 g/mol. The molecule has 1 amide bonds. The summed E-state index contributed by atoms with van der Waals surface area (Å²) in [4.78, 5) is 14.2. The van der Waals surface area contributed by atoms with Gasteiger partial charge < -0.3 is 10.0 Å². The molecule has 2 aromatic rings. The van der Waals surface area contributed by atoms with E-state index in [1.807, 2.05) is 26.0 Å². The van der Waals surface area contributed by atoms with Crippen molar-refractivity contribution in [1.29, 1.82) is 0 Å². The summed E-state index contributed by atoms with van der Waals surface area (Å²) < 4.78 is 0. The third-order valence-electron chi connectivity index (χ3n) is 5.78. The van der Waals surface area contributed by atoms with Crippen LogP contribution < -0.4 is 0 Å². The summed E-state index contributed by atoms with van der Waals surface area (Å²) in [5, 5.41) is 17.5. The molecule has 1 aromatic carbocycles. The quantitative estimate of drug-likeness (QED) is 0.903. The van der Waals surface area contributed by atoms with E-state index in [2.05, 4.69) is 15.1 Å². The molecule has 0 unspecified atom stereocenters. The van der Waals surface area contributed by atoms with E-state index in [0.29, 0.717) is 24.1 Å². The molecule has 5 heteroatoms. The van der Waals surface area contributed by atoms with Gasteiger partial charge in [-0.15, -0.1) is 0 Å². The minimum Gasteiger partial charge on any atom is -0.508 e. The fourth-order valence-corrected chi connectivity index (χ4v) is 4.43. The number of nitrogens with zero attached hydrogens (tertiary/aromatic N) is 2. The third kappa shape index (κ3) is 2.92. The fraction of sp³-hybridized carbons (Fsp3) is 0.500. The SMILES string of the molecule is Cc1cc(O)cc(C)c1Cc1[nH]nc2c1C[C@H](N1CCCC1=O)CC2. The standard InChI is InChI=1S/C20H25N3O2/c1-12-8-15(24)9-13(2)16(12)11-19-17-10-14(5-6-18(17)21-22-19)23-7-3-4-20(23)25/h8-9,14,24H,3-7,10-11H2,1-2H3,(H,21,22)/t14-/m1/s1. The Hall–Kier alpha value is -2.30. The Bertz CT molecular complexity index is 801. The molecule has 0 saturated carbocycles. The van der Waals surface area contributed by atoms with Crippen molar-refractivity contribution in [2.45, 2.75) is 58.4 Å². The van der Waals surface area contributed by atoms with Crippen molar-refractivity contribution in [3.05, 3.63) is 45.8 Å². The van der Waals surface area contributed by atoms with E-state index in [1.165, 1.54) is 11.1 Å². The second-order valence-corrected chi connectivity index (χ2v) is 7.45. The number of aromatic hydroxyl groups is 1. The van der Waals surface area contributed by atoms with Gasteiger partial charge in [-0.1, -0.05) is 0 Å².